The SMILES string of the molecule is CCOP(=O)(Cc1nc(C(=O)OC)c(OC)o1)OCC. The number of hydrogen-bond acceptors (Lipinski definition) is 8. The van der Waals surface area contributed by atoms with Gasteiger partial charge in [0.05, 0.1) is 27.4 Å². The molecule has 8 nitrogen and oxygen atoms in total. The number of nitrogens with zero attached hydrogens (tertiary/aromatic N) is 1. The van der Waals surface area contributed by atoms with Crippen molar-refractivity contribution in [1.29, 1.82) is 0 Å². The van der Waals surface area contributed by atoms with Crippen molar-refractivity contribution in [3.63, 3.8) is 0 Å². The Labute approximate surface area is 116 Å². The number of ether oxygens (including phenoxy) is 2. The van der Waals surface area contributed by atoms with Gasteiger partial charge in [0.15, 0.2) is 0 Å². The standard InChI is InChI=1S/C11H18NO7P/c1-5-17-20(14,18-6-2)7-8-12-9(10(13)15-3)11(16-4)19-8/h5-7H2,1-4H3. The van der Waals surface area contributed by atoms with Gasteiger partial charge in [-0.3, -0.25) is 4.57 Å². The maximum atomic E-state index is 12.3. The van der Waals surface area contributed by atoms with E-state index in [-0.39, 0.29) is 36.9 Å². The third-order valence-corrected chi connectivity index (χ3v) is 4.15. The number of rotatable bonds is 8. The fourth-order valence-electron chi connectivity index (χ4n) is 1.47. The van der Waals surface area contributed by atoms with Crippen LogP contribution in [-0.2, 0) is 24.5 Å². The number of aromatic nitrogens is 1. The van der Waals surface area contributed by atoms with Gasteiger partial charge < -0.3 is 22.9 Å². The number of esters is 1. The monoisotopic (exact) mass is 307 g/mol. The van der Waals surface area contributed by atoms with Gasteiger partial charge in [-0.15, -0.1) is 0 Å². The zero-order valence-electron chi connectivity index (χ0n) is 11.9. The fraction of sp³-hybridized carbons (Fsp3) is 0.636. The summed E-state index contributed by atoms with van der Waals surface area (Å²) in [4.78, 5) is 15.4. The largest absolute Gasteiger partial charge is 0.467 e. The Kier molecular flexibility index (Phi) is 6.19. The molecule has 0 aliphatic heterocycles. The lowest BCUT2D eigenvalue weighted by Crippen LogP contribution is -2.04. The van der Waals surface area contributed by atoms with E-state index in [0.717, 1.165) is 0 Å². The second kappa shape index (κ2) is 7.42. The van der Waals surface area contributed by atoms with Gasteiger partial charge in [0.25, 0.3) is 0 Å². The summed E-state index contributed by atoms with van der Waals surface area (Å²) in [6.07, 6.45) is -0.192. The maximum absolute atomic E-state index is 12.3. The minimum absolute atomic E-state index is 0.0208. The van der Waals surface area contributed by atoms with Gasteiger partial charge in [-0.1, -0.05) is 0 Å². The number of methoxy groups -OCH3 is 2. The van der Waals surface area contributed by atoms with E-state index in [0.29, 0.717) is 0 Å². The first-order valence-corrected chi connectivity index (χ1v) is 7.72. The Bertz CT molecular complexity index is 489. The van der Waals surface area contributed by atoms with Gasteiger partial charge in [-0.05, 0) is 13.8 Å². The smallest absolute Gasteiger partial charge is 0.364 e. The van der Waals surface area contributed by atoms with E-state index in [9.17, 15) is 9.36 Å². The summed E-state index contributed by atoms with van der Waals surface area (Å²) in [6.45, 7) is 3.83. The summed E-state index contributed by atoms with van der Waals surface area (Å²) in [5.41, 5.74) is -0.121. The van der Waals surface area contributed by atoms with Gasteiger partial charge in [-0.2, -0.15) is 0 Å². The molecule has 0 bridgehead atoms. The first-order chi connectivity index (χ1) is 9.49. The van der Waals surface area contributed by atoms with E-state index in [1.165, 1.54) is 14.2 Å². The summed E-state index contributed by atoms with van der Waals surface area (Å²) in [7, 11) is -0.830. The van der Waals surface area contributed by atoms with E-state index in [1.807, 2.05) is 0 Å². The van der Waals surface area contributed by atoms with Crippen LogP contribution in [0, 0.1) is 0 Å². The highest BCUT2D eigenvalue weighted by atomic mass is 31.2. The summed E-state index contributed by atoms with van der Waals surface area (Å²) in [5, 5.41) is 0. The van der Waals surface area contributed by atoms with Crippen LogP contribution >= 0.6 is 7.60 Å². The molecule has 0 N–H and O–H groups in total. The molecule has 20 heavy (non-hydrogen) atoms. The van der Waals surface area contributed by atoms with Crippen LogP contribution in [0.4, 0.5) is 0 Å². The molecule has 1 aromatic heterocycles. The molecule has 0 aliphatic carbocycles. The Morgan fingerprint density at radius 2 is 1.85 bits per heavy atom. The van der Waals surface area contributed by atoms with Crippen LogP contribution in [0.25, 0.3) is 0 Å². The molecule has 0 saturated heterocycles. The van der Waals surface area contributed by atoms with Crippen molar-refractivity contribution in [2.75, 3.05) is 27.4 Å². The van der Waals surface area contributed by atoms with Gasteiger partial charge in [0.1, 0.15) is 6.16 Å². The van der Waals surface area contributed by atoms with Crippen molar-refractivity contribution in [1.82, 2.24) is 4.98 Å². The molecular formula is C11H18NO7P. The van der Waals surface area contributed by atoms with Crippen molar-refractivity contribution < 1.29 is 32.3 Å². The highest BCUT2D eigenvalue weighted by Gasteiger charge is 2.30. The molecule has 0 unspecified atom stereocenters. The Morgan fingerprint density at radius 1 is 1.25 bits per heavy atom. The Hall–Kier alpha value is -1.37. The number of hydrogen-bond donors (Lipinski definition) is 0. The van der Waals surface area contributed by atoms with Crippen LogP contribution in [0.1, 0.15) is 30.2 Å². The highest BCUT2D eigenvalue weighted by Crippen LogP contribution is 2.51. The summed E-state index contributed by atoms with van der Waals surface area (Å²) >= 11 is 0. The van der Waals surface area contributed by atoms with Crippen LogP contribution in [-0.4, -0.2) is 38.4 Å². The van der Waals surface area contributed by atoms with Crippen LogP contribution in [0.2, 0.25) is 0 Å². The predicted molar refractivity (Wildman–Crippen MR) is 69.0 cm³/mol. The molecule has 0 fully saturated rings. The van der Waals surface area contributed by atoms with Crippen molar-refractivity contribution in [3.8, 4) is 5.95 Å². The molecule has 0 spiro atoms. The lowest BCUT2D eigenvalue weighted by molar-refractivity contribution is 0.0588. The van der Waals surface area contributed by atoms with E-state index >= 15 is 0 Å². The average molecular weight is 307 g/mol. The average Bonchev–Trinajstić information content (AvgIpc) is 2.80. The minimum atomic E-state index is -3.36. The predicted octanol–water partition coefficient (Wildman–Crippen LogP) is 2.24. The molecule has 0 aliphatic rings. The van der Waals surface area contributed by atoms with E-state index < -0.39 is 13.6 Å². The topological polar surface area (TPSA) is 97.1 Å². The Balaban J connectivity index is 2.99. The molecule has 0 saturated carbocycles. The summed E-state index contributed by atoms with van der Waals surface area (Å²) in [5.74, 6) is -0.793. The molecule has 1 heterocycles. The number of carbonyl (C=O) groups is 1. The van der Waals surface area contributed by atoms with E-state index in [2.05, 4.69) is 9.72 Å². The van der Waals surface area contributed by atoms with Gasteiger partial charge >= 0.3 is 19.5 Å². The van der Waals surface area contributed by atoms with E-state index in [4.69, 9.17) is 18.2 Å². The normalized spacial score (nSPS) is 11.4. The molecule has 1 rings (SSSR count). The van der Waals surface area contributed by atoms with Gasteiger partial charge in [0, 0.05) is 0 Å². The molecule has 0 aromatic carbocycles. The molecule has 0 radical (unpaired) electrons. The number of oxazole rings is 1. The van der Waals surface area contributed by atoms with Crippen LogP contribution in [0.5, 0.6) is 5.95 Å². The zero-order chi connectivity index (χ0) is 15.2. The first kappa shape index (κ1) is 16.7. The van der Waals surface area contributed by atoms with Gasteiger partial charge in [0.2, 0.25) is 11.6 Å². The third-order valence-electron chi connectivity index (χ3n) is 2.19. The molecule has 0 atom stereocenters. The molecule has 0 amide bonds. The van der Waals surface area contributed by atoms with E-state index in [1.54, 1.807) is 13.8 Å². The second-order valence-corrected chi connectivity index (χ2v) is 5.60. The fourth-order valence-corrected chi connectivity index (χ4v) is 2.98. The molecule has 1 aromatic rings. The molecular weight excluding hydrogens is 289 g/mol. The minimum Gasteiger partial charge on any atom is -0.467 e. The van der Waals surface area contributed by atoms with Crippen molar-refractivity contribution in [3.05, 3.63) is 11.6 Å². The zero-order valence-corrected chi connectivity index (χ0v) is 12.8. The van der Waals surface area contributed by atoms with Crippen molar-refractivity contribution in [2.24, 2.45) is 0 Å². The third kappa shape index (κ3) is 4.06. The van der Waals surface area contributed by atoms with Crippen molar-refractivity contribution in [2.45, 2.75) is 20.0 Å². The van der Waals surface area contributed by atoms with Crippen LogP contribution in [0.3, 0.4) is 0 Å². The first-order valence-electron chi connectivity index (χ1n) is 5.99. The Morgan fingerprint density at radius 3 is 2.30 bits per heavy atom. The highest BCUT2D eigenvalue weighted by molar-refractivity contribution is 7.52. The van der Waals surface area contributed by atoms with Crippen LogP contribution in [0.15, 0.2) is 4.42 Å². The van der Waals surface area contributed by atoms with Crippen LogP contribution < -0.4 is 4.74 Å². The molecule has 114 valence electrons. The second-order valence-electron chi connectivity index (χ2n) is 3.54. The summed E-state index contributed by atoms with van der Waals surface area (Å²) in [6, 6.07) is 0. The summed E-state index contributed by atoms with van der Waals surface area (Å²) < 4.78 is 37.2. The van der Waals surface area contributed by atoms with Gasteiger partial charge in [-0.25, -0.2) is 9.78 Å². The maximum Gasteiger partial charge on any atom is 0.364 e. The van der Waals surface area contributed by atoms with Crippen molar-refractivity contribution >= 4 is 13.6 Å². The quantitative estimate of drug-likeness (QED) is 0.533. The lowest BCUT2D eigenvalue weighted by Gasteiger charge is -2.14. The number of carbonyl (C=O) groups excluding carboxylic acids is 1. The lowest BCUT2D eigenvalue weighted by atomic mass is 10.5. The molecule has 9 heteroatoms.